The Morgan fingerprint density at radius 3 is 2.28 bits per heavy atom. The van der Waals surface area contributed by atoms with E-state index in [1.807, 2.05) is 0 Å². The van der Waals surface area contributed by atoms with Crippen LogP contribution in [0.15, 0.2) is 0 Å². The smallest absolute Gasteiger partial charge is 0.232 e. The van der Waals surface area contributed by atoms with Gasteiger partial charge in [0.05, 0.1) is 11.5 Å². The Bertz CT molecular complexity index is 430. The van der Waals surface area contributed by atoms with Crippen molar-refractivity contribution in [2.75, 3.05) is 6.54 Å². The number of nitrogens with two attached hydrogens (primary N) is 2. The zero-order valence-electron chi connectivity index (χ0n) is 10.3. The third-order valence-corrected chi connectivity index (χ3v) is 5.95. The van der Waals surface area contributed by atoms with Crippen molar-refractivity contribution in [2.45, 2.75) is 43.9 Å². The van der Waals surface area contributed by atoms with E-state index in [1.54, 1.807) is 0 Å². The summed E-state index contributed by atoms with van der Waals surface area (Å²) < 4.78 is 25.9. The number of nitrogens with zero attached hydrogens (tertiary/aromatic N) is 1. The lowest BCUT2D eigenvalue weighted by molar-refractivity contribution is -0.118. The van der Waals surface area contributed by atoms with Crippen molar-refractivity contribution >= 4 is 33.1 Å². The fraction of sp³-hybridized carbons (Fsp3) is 0.800. The van der Waals surface area contributed by atoms with Crippen LogP contribution >= 0.6 is 12.2 Å². The summed E-state index contributed by atoms with van der Waals surface area (Å²) in [5.74, 6) is -0.666. The molecule has 0 bridgehead atoms. The van der Waals surface area contributed by atoms with Gasteiger partial charge in [0.25, 0.3) is 0 Å². The van der Waals surface area contributed by atoms with Crippen LogP contribution in [0.25, 0.3) is 0 Å². The molecule has 0 heterocycles. The molecule has 1 atom stereocenters. The zero-order chi connectivity index (χ0) is 13.9. The third-order valence-electron chi connectivity index (χ3n) is 3.22. The van der Waals surface area contributed by atoms with E-state index < -0.39 is 21.2 Å². The Balaban J connectivity index is 3.01. The van der Waals surface area contributed by atoms with Gasteiger partial charge < -0.3 is 11.5 Å². The van der Waals surface area contributed by atoms with Crippen molar-refractivity contribution < 1.29 is 13.2 Å². The second-order valence-electron chi connectivity index (χ2n) is 4.54. The predicted molar refractivity (Wildman–Crippen MR) is 73.3 cm³/mol. The van der Waals surface area contributed by atoms with Crippen molar-refractivity contribution in [3.8, 4) is 0 Å². The number of carbonyl (C=O) groups is 1. The Morgan fingerprint density at radius 2 is 1.89 bits per heavy atom. The molecule has 1 unspecified atom stereocenters. The van der Waals surface area contributed by atoms with Gasteiger partial charge in [0.1, 0.15) is 5.25 Å². The summed E-state index contributed by atoms with van der Waals surface area (Å²) in [6.45, 7) is 1.13. The summed E-state index contributed by atoms with van der Waals surface area (Å²) in [6, 6.07) is -0.167. The van der Waals surface area contributed by atoms with Crippen molar-refractivity contribution in [2.24, 2.45) is 11.5 Å². The van der Waals surface area contributed by atoms with Crippen LogP contribution in [-0.2, 0) is 14.8 Å². The fourth-order valence-corrected chi connectivity index (χ4v) is 4.12. The minimum absolute atomic E-state index is 0.0949. The van der Waals surface area contributed by atoms with Crippen LogP contribution < -0.4 is 11.5 Å². The van der Waals surface area contributed by atoms with Gasteiger partial charge in [-0.1, -0.05) is 25.1 Å². The van der Waals surface area contributed by atoms with Crippen LogP contribution in [0.4, 0.5) is 0 Å². The topological polar surface area (TPSA) is 106 Å². The summed E-state index contributed by atoms with van der Waals surface area (Å²) in [5.41, 5.74) is 10.5. The van der Waals surface area contributed by atoms with E-state index in [4.69, 9.17) is 23.7 Å². The molecule has 0 saturated heterocycles. The lowest BCUT2D eigenvalue weighted by atomic mass is 10.2. The summed E-state index contributed by atoms with van der Waals surface area (Å²) >= 11 is 4.73. The lowest BCUT2D eigenvalue weighted by Gasteiger charge is -2.29. The lowest BCUT2D eigenvalue weighted by Crippen LogP contribution is -2.50. The van der Waals surface area contributed by atoms with Crippen LogP contribution in [0.1, 0.15) is 32.6 Å². The van der Waals surface area contributed by atoms with Gasteiger partial charge in [0.2, 0.25) is 15.9 Å². The third kappa shape index (κ3) is 3.39. The Labute approximate surface area is 113 Å². The van der Waals surface area contributed by atoms with Gasteiger partial charge in [-0.3, -0.25) is 4.79 Å². The van der Waals surface area contributed by atoms with E-state index in [0.29, 0.717) is 0 Å². The largest absolute Gasteiger partial charge is 0.392 e. The number of hydrogen-bond acceptors (Lipinski definition) is 4. The van der Waals surface area contributed by atoms with Crippen LogP contribution in [0.5, 0.6) is 0 Å². The standard InChI is InChI=1S/C10H19N3O3S2/c1-7(10(12)17)18(15,16)13(6-9(11)14)8-4-2-3-5-8/h7-8H,2-6H2,1H3,(H2,11,14)(H2,12,17). The van der Waals surface area contributed by atoms with E-state index in [9.17, 15) is 13.2 Å². The molecule has 0 aliphatic heterocycles. The highest BCUT2D eigenvalue weighted by molar-refractivity contribution is 7.92. The van der Waals surface area contributed by atoms with Gasteiger partial charge in [-0.05, 0) is 19.8 Å². The highest BCUT2D eigenvalue weighted by Gasteiger charge is 2.37. The summed E-state index contributed by atoms with van der Waals surface area (Å²) in [6.07, 6.45) is 3.40. The molecule has 8 heteroatoms. The number of amides is 1. The average Bonchev–Trinajstić information content (AvgIpc) is 2.77. The van der Waals surface area contributed by atoms with Crippen molar-refractivity contribution in [3.63, 3.8) is 0 Å². The molecular weight excluding hydrogens is 274 g/mol. The summed E-state index contributed by atoms with van der Waals surface area (Å²) in [4.78, 5) is 11.0. The molecule has 0 radical (unpaired) electrons. The number of thiocarbonyl (C=S) groups is 1. The van der Waals surface area contributed by atoms with Crippen LogP contribution in [-0.4, -0.2) is 41.5 Å². The van der Waals surface area contributed by atoms with Gasteiger partial charge in [-0.2, -0.15) is 4.31 Å². The maximum atomic E-state index is 12.3. The molecule has 1 saturated carbocycles. The first-order valence-electron chi connectivity index (χ1n) is 5.85. The first kappa shape index (κ1) is 15.3. The van der Waals surface area contributed by atoms with Crippen LogP contribution in [0.2, 0.25) is 0 Å². The fourth-order valence-electron chi connectivity index (χ4n) is 2.12. The van der Waals surface area contributed by atoms with Crippen molar-refractivity contribution in [3.05, 3.63) is 0 Å². The van der Waals surface area contributed by atoms with Gasteiger partial charge >= 0.3 is 0 Å². The van der Waals surface area contributed by atoms with Crippen LogP contribution in [0.3, 0.4) is 0 Å². The first-order chi connectivity index (χ1) is 8.26. The second-order valence-corrected chi connectivity index (χ2v) is 7.22. The van der Waals surface area contributed by atoms with Crippen molar-refractivity contribution in [1.29, 1.82) is 0 Å². The number of carbonyl (C=O) groups excluding carboxylic acids is 1. The highest BCUT2D eigenvalue weighted by Crippen LogP contribution is 2.27. The highest BCUT2D eigenvalue weighted by atomic mass is 32.2. The molecule has 0 aromatic carbocycles. The maximum absolute atomic E-state index is 12.3. The Hall–Kier alpha value is -0.730. The molecule has 1 amide bonds. The molecule has 18 heavy (non-hydrogen) atoms. The quantitative estimate of drug-likeness (QED) is 0.655. The monoisotopic (exact) mass is 293 g/mol. The molecule has 6 nitrogen and oxygen atoms in total. The molecule has 0 aromatic rings. The zero-order valence-corrected chi connectivity index (χ0v) is 12.0. The van der Waals surface area contributed by atoms with Crippen LogP contribution in [0, 0.1) is 0 Å². The number of primary amides is 1. The van der Waals surface area contributed by atoms with Crippen molar-refractivity contribution in [1.82, 2.24) is 4.31 Å². The van der Waals surface area contributed by atoms with Gasteiger partial charge in [0.15, 0.2) is 0 Å². The molecule has 1 rings (SSSR count). The number of rotatable bonds is 6. The summed E-state index contributed by atoms with van der Waals surface area (Å²) in [7, 11) is -3.71. The molecule has 1 aliphatic rings. The van der Waals surface area contributed by atoms with Gasteiger partial charge in [0, 0.05) is 6.04 Å². The maximum Gasteiger partial charge on any atom is 0.232 e. The van der Waals surface area contributed by atoms with E-state index in [0.717, 1.165) is 25.7 Å². The summed E-state index contributed by atoms with van der Waals surface area (Å²) in [5, 5.41) is -0.979. The number of sulfonamides is 1. The van der Waals surface area contributed by atoms with Gasteiger partial charge in [-0.15, -0.1) is 0 Å². The van der Waals surface area contributed by atoms with E-state index >= 15 is 0 Å². The molecule has 0 aromatic heterocycles. The number of hydrogen-bond donors (Lipinski definition) is 2. The predicted octanol–water partition coefficient (Wildman–Crippen LogP) is -0.279. The SMILES string of the molecule is CC(C(N)=S)S(=O)(=O)N(CC(N)=O)C1CCCC1. The molecule has 104 valence electrons. The van der Waals surface area contributed by atoms with Gasteiger partial charge in [-0.25, -0.2) is 8.42 Å². The normalized spacial score (nSPS) is 19.0. The molecule has 1 fully saturated rings. The molecular formula is C10H19N3O3S2. The molecule has 0 spiro atoms. The molecule has 1 aliphatic carbocycles. The average molecular weight is 293 g/mol. The Morgan fingerprint density at radius 1 is 1.39 bits per heavy atom. The Kier molecular flexibility index (Phi) is 5.06. The first-order valence-corrected chi connectivity index (χ1v) is 7.76. The van der Waals surface area contributed by atoms with E-state index in [2.05, 4.69) is 0 Å². The van der Waals surface area contributed by atoms with E-state index in [1.165, 1.54) is 11.2 Å². The second kappa shape index (κ2) is 5.94. The van der Waals surface area contributed by atoms with E-state index in [-0.39, 0.29) is 17.6 Å². The molecule has 4 N–H and O–H groups in total. The minimum atomic E-state index is -3.71. The minimum Gasteiger partial charge on any atom is -0.392 e.